The number of ketones is 1. The third-order valence-electron chi connectivity index (χ3n) is 19.7. The topological polar surface area (TPSA) is 35.5 Å². The molecule has 0 saturated heterocycles. The number of carbonyl (C=O) groups excluding carboxylic acids is 1. The van der Waals surface area contributed by atoms with Gasteiger partial charge < -0.3 is 9.47 Å². The monoisotopic (exact) mass is 1260 g/mol. The van der Waals surface area contributed by atoms with Gasteiger partial charge in [0.15, 0.2) is 5.78 Å². The standard InChI is InChI=1S/C76H110O3S6/c1-7-13-19-25-31-37-45-74(46-38-32-26-20-14-8-2)58-54-64(66-56-60-70(85-66)72-62(44-52-81-72)79-76(60,49-41-35-29-23-17-11-5)50-42-36-30-24-18-12-6)83-68(58)67-57(73(74)77)53-63(82-67)65-55-59-69(84-65)71-61(43-51-80-71)78-75(59,47-39-33-27-21-15-9-3)48-40-34-28-22-16-10-4/h43-44,51-56H,7-42,45-50H2,1-6H3. The second kappa shape index (κ2) is 34.1. The van der Waals surface area contributed by atoms with Crippen molar-refractivity contribution in [2.24, 2.45) is 0 Å². The van der Waals surface area contributed by atoms with Gasteiger partial charge in [0.05, 0.1) is 29.8 Å². The lowest BCUT2D eigenvalue weighted by molar-refractivity contribution is 0.0395. The van der Waals surface area contributed by atoms with Gasteiger partial charge in [0.25, 0.3) is 0 Å². The van der Waals surface area contributed by atoms with Gasteiger partial charge >= 0.3 is 0 Å². The maximum atomic E-state index is 16.4. The van der Waals surface area contributed by atoms with Gasteiger partial charge in [-0.1, -0.05) is 247 Å². The van der Waals surface area contributed by atoms with Crippen LogP contribution in [-0.4, -0.2) is 5.78 Å². The van der Waals surface area contributed by atoms with Crippen LogP contribution < -0.4 is 9.47 Å². The molecule has 0 bridgehead atoms. The first kappa shape index (κ1) is 66.9. The normalized spacial score (nSPS) is 15.1. The van der Waals surface area contributed by atoms with Gasteiger partial charge in [-0.3, -0.25) is 4.79 Å². The molecule has 0 fully saturated rings. The molecule has 6 aromatic rings. The van der Waals surface area contributed by atoms with E-state index in [0.717, 1.165) is 68.4 Å². The second-order valence-electron chi connectivity index (χ2n) is 26.4. The van der Waals surface area contributed by atoms with Gasteiger partial charge in [0.1, 0.15) is 22.7 Å². The number of thiophene rings is 6. The SMILES string of the molecule is CCCCCCCCC1(CCCCCCCC)Oc2ccsc2-c2sc(-c3cc4c(s3)-c3sc(-c5cc6c(s5)-c5sccc5OC6(CCCCCCCC)CCCCCCCC)cc3C(CCCCCCCC)(CCCCCCCC)C4=O)cc21. The predicted molar refractivity (Wildman–Crippen MR) is 379 cm³/mol. The zero-order chi connectivity index (χ0) is 59.3. The summed E-state index contributed by atoms with van der Waals surface area (Å²) >= 11 is 11.7. The minimum Gasteiger partial charge on any atom is -0.481 e. The van der Waals surface area contributed by atoms with Crippen molar-refractivity contribution < 1.29 is 14.3 Å². The molecule has 0 atom stereocenters. The summed E-state index contributed by atoms with van der Waals surface area (Å²) in [7, 11) is 0. The molecular formula is C76H110O3S6. The maximum absolute atomic E-state index is 16.4. The lowest BCUT2D eigenvalue weighted by Gasteiger charge is -2.38. The highest BCUT2D eigenvalue weighted by Gasteiger charge is 2.49. The lowest BCUT2D eigenvalue weighted by atomic mass is 9.65. The van der Waals surface area contributed by atoms with Crippen LogP contribution in [0.15, 0.2) is 47.2 Å². The first-order valence-corrected chi connectivity index (χ1v) is 40.5. The summed E-state index contributed by atoms with van der Waals surface area (Å²) in [6.07, 6.45) is 51.9. The number of ether oxygens (including phenoxy) is 2. The van der Waals surface area contributed by atoms with Crippen molar-refractivity contribution in [1.82, 2.24) is 0 Å². The van der Waals surface area contributed by atoms with E-state index >= 15 is 4.79 Å². The Morgan fingerprint density at radius 1 is 0.318 bits per heavy atom. The van der Waals surface area contributed by atoms with Crippen molar-refractivity contribution in [3.8, 4) is 60.3 Å². The van der Waals surface area contributed by atoms with Gasteiger partial charge in [-0.25, -0.2) is 0 Å². The molecule has 3 aliphatic rings. The van der Waals surface area contributed by atoms with E-state index in [1.54, 1.807) is 0 Å². The van der Waals surface area contributed by atoms with E-state index in [1.165, 1.54) is 284 Å². The van der Waals surface area contributed by atoms with E-state index in [4.69, 9.17) is 9.47 Å². The van der Waals surface area contributed by atoms with Crippen LogP contribution in [0.2, 0.25) is 0 Å². The average molecular weight is 1260 g/mol. The molecule has 0 amide bonds. The van der Waals surface area contributed by atoms with Crippen molar-refractivity contribution in [2.75, 3.05) is 0 Å². The van der Waals surface area contributed by atoms with E-state index < -0.39 is 5.41 Å². The molecule has 0 saturated carbocycles. The number of unbranched alkanes of at least 4 members (excludes halogenated alkanes) is 30. The molecule has 0 aromatic carbocycles. The Bertz CT molecular complexity index is 2860. The second-order valence-corrected chi connectivity index (χ2v) is 32.4. The number of Topliss-reactive ketones (excluding diaryl/α,β-unsaturated/α-hetero) is 1. The van der Waals surface area contributed by atoms with Crippen LogP contribution in [0.4, 0.5) is 0 Å². The highest BCUT2D eigenvalue weighted by atomic mass is 32.1. The summed E-state index contributed by atoms with van der Waals surface area (Å²) in [4.78, 5) is 29.8. The van der Waals surface area contributed by atoms with Crippen molar-refractivity contribution in [2.45, 2.75) is 328 Å². The van der Waals surface area contributed by atoms with E-state index in [-0.39, 0.29) is 11.2 Å². The lowest BCUT2D eigenvalue weighted by Crippen LogP contribution is -2.38. The predicted octanol–water partition coefficient (Wildman–Crippen LogP) is 28.5. The van der Waals surface area contributed by atoms with Crippen molar-refractivity contribution in [1.29, 1.82) is 0 Å². The number of hydrogen-bond donors (Lipinski definition) is 0. The van der Waals surface area contributed by atoms with Gasteiger partial charge in [-0.15, -0.1) is 68.0 Å². The first-order chi connectivity index (χ1) is 41.8. The minimum atomic E-state index is -0.525. The zero-order valence-corrected chi connectivity index (χ0v) is 58.9. The van der Waals surface area contributed by atoms with E-state index in [0.29, 0.717) is 5.78 Å². The highest BCUT2D eigenvalue weighted by molar-refractivity contribution is 7.31. The molecule has 468 valence electrons. The summed E-state index contributed by atoms with van der Waals surface area (Å²) in [6, 6.07) is 14.7. The summed E-state index contributed by atoms with van der Waals surface area (Å²) in [5.41, 5.74) is 4.06. The van der Waals surface area contributed by atoms with Crippen LogP contribution in [-0.2, 0) is 16.6 Å². The third kappa shape index (κ3) is 16.3. The molecule has 0 spiro atoms. The fourth-order valence-corrected chi connectivity index (χ4v) is 21.9. The van der Waals surface area contributed by atoms with E-state index in [9.17, 15) is 0 Å². The Labute approximate surface area is 541 Å². The maximum Gasteiger partial charge on any atom is 0.174 e. The molecule has 0 N–H and O–H groups in total. The summed E-state index contributed by atoms with van der Waals surface area (Å²) < 4.78 is 14.9. The molecule has 8 heterocycles. The largest absolute Gasteiger partial charge is 0.481 e. The van der Waals surface area contributed by atoms with Crippen molar-refractivity contribution >= 4 is 73.8 Å². The number of carbonyl (C=O) groups is 1. The molecule has 9 rings (SSSR count). The molecule has 3 nitrogen and oxygen atoms in total. The van der Waals surface area contributed by atoms with E-state index in [1.807, 2.05) is 68.0 Å². The van der Waals surface area contributed by atoms with E-state index in [2.05, 4.69) is 88.7 Å². The third-order valence-corrected chi connectivity index (χ3v) is 26.9. The Morgan fingerprint density at radius 3 is 0.953 bits per heavy atom. The summed E-state index contributed by atoms with van der Waals surface area (Å²) in [6.45, 7) is 13.9. The number of rotatable bonds is 44. The summed E-state index contributed by atoms with van der Waals surface area (Å²) in [5.74, 6) is 2.60. The van der Waals surface area contributed by atoms with Gasteiger partial charge in [0.2, 0.25) is 0 Å². The molecule has 85 heavy (non-hydrogen) atoms. The van der Waals surface area contributed by atoms with Crippen molar-refractivity contribution in [3.63, 3.8) is 0 Å². The van der Waals surface area contributed by atoms with Crippen LogP contribution in [0.1, 0.15) is 338 Å². The molecule has 1 aliphatic carbocycles. The zero-order valence-electron chi connectivity index (χ0n) is 54.0. The molecule has 0 radical (unpaired) electrons. The van der Waals surface area contributed by atoms with Crippen molar-refractivity contribution in [3.05, 3.63) is 69.4 Å². The fourth-order valence-electron chi connectivity index (χ4n) is 14.7. The van der Waals surface area contributed by atoms with Gasteiger partial charge in [-0.05, 0) is 117 Å². The molecule has 2 aliphatic heterocycles. The Balaban J connectivity index is 1.13. The number of fused-ring (bicyclic) bond motifs is 9. The van der Waals surface area contributed by atoms with Gasteiger partial charge in [0, 0.05) is 41.1 Å². The molecule has 0 unspecified atom stereocenters. The molecule has 9 heteroatoms. The van der Waals surface area contributed by atoms with Crippen LogP contribution in [0.3, 0.4) is 0 Å². The minimum absolute atomic E-state index is 0.314. The smallest absolute Gasteiger partial charge is 0.174 e. The molecular weight excluding hydrogens is 1150 g/mol. The number of hydrogen-bond acceptors (Lipinski definition) is 9. The van der Waals surface area contributed by atoms with Crippen LogP contribution in [0.25, 0.3) is 48.8 Å². The Morgan fingerprint density at radius 2 is 0.600 bits per heavy atom. The Kier molecular flexibility index (Phi) is 26.8. The van der Waals surface area contributed by atoms with Crippen LogP contribution in [0.5, 0.6) is 11.5 Å². The Hall–Kier alpha value is -2.53. The highest BCUT2D eigenvalue weighted by Crippen LogP contribution is 2.62. The van der Waals surface area contributed by atoms with Crippen LogP contribution >= 0.6 is 68.0 Å². The molecule has 6 aromatic heterocycles. The average Bonchev–Trinajstić information content (AvgIpc) is 1.95. The van der Waals surface area contributed by atoms with Gasteiger partial charge in [-0.2, -0.15) is 0 Å². The summed E-state index contributed by atoms with van der Waals surface area (Å²) in [5, 5.41) is 4.53. The quantitative estimate of drug-likeness (QED) is 0.0358. The van der Waals surface area contributed by atoms with Crippen LogP contribution in [0, 0.1) is 0 Å². The first-order valence-electron chi connectivity index (χ1n) is 35.5. The fraction of sp³-hybridized carbons (Fsp3) is 0.671.